The van der Waals surface area contributed by atoms with Gasteiger partial charge in [0.1, 0.15) is 0 Å². The van der Waals surface area contributed by atoms with E-state index in [0.717, 1.165) is 49.0 Å². The van der Waals surface area contributed by atoms with Gasteiger partial charge in [0.15, 0.2) is 0 Å². The molecule has 0 aliphatic rings. The smallest absolute Gasteiger partial charge is 0.0427 e. The van der Waals surface area contributed by atoms with Crippen LogP contribution in [0.4, 0.5) is 0 Å². The lowest BCUT2D eigenvalue weighted by molar-refractivity contribution is 0.337. The molecule has 0 aromatic heterocycles. The first-order valence-electron chi connectivity index (χ1n) is 6.29. The minimum absolute atomic E-state index is 0.814. The zero-order valence-corrected chi connectivity index (χ0v) is 14.6. The number of halogens is 2. The van der Waals surface area contributed by atoms with E-state index >= 15 is 0 Å². The topological polar surface area (TPSA) is 27.3 Å². The van der Waals surface area contributed by atoms with Crippen molar-refractivity contribution in [1.82, 2.24) is 15.5 Å². The first-order valence-corrected chi connectivity index (χ1v) is 8.53. The lowest BCUT2D eigenvalue weighted by Gasteiger charge is -2.18. The van der Waals surface area contributed by atoms with Crippen molar-refractivity contribution in [3.63, 3.8) is 0 Å². The fourth-order valence-corrected chi connectivity index (χ4v) is 2.04. The third kappa shape index (κ3) is 9.97. The summed E-state index contributed by atoms with van der Waals surface area (Å²) in [4.78, 5) is 2.30. The largest absolute Gasteiger partial charge is 0.387 e. The Bertz CT molecular complexity index is 255. The Kier molecular flexibility index (Phi) is 12.1. The number of rotatable bonds is 11. The van der Waals surface area contributed by atoms with Gasteiger partial charge in [-0.3, -0.25) is 0 Å². The lowest BCUT2D eigenvalue weighted by Crippen LogP contribution is -2.34. The summed E-state index contributed by atoms with van der Waals surface area (Å²) in [6.07, 6.45) is 3.29. The number of hydrogen-bond acceptors (Lipinski definition) is 3. The van der Waals surface area contributed by atoms with E-state index < -0.39 is 0 Å². The molecule has 5 heteroatoms. The van der Waals surface area contributed by atoms with Gasteiger partial charge in [-0.25, -0.2) is 0 Å². The molecule has 0 aromatic carbocycles. The summed E-state index contributed by atoms with van der Waals surface area (Å²) in [5.41, 5.74) is 2.31. The fraction of sp³-hybridized carbons (Fsp3) is 0.692. The standard InChI is InChI=1S/C13H25Br2N3/c1-4-5-13(11-15)17-7-9-18(3)8-6-16-12(2)10-14/h5,16-17H,2,4,6-11H2,1,3H3/b13-5+. The second kappa shape index (κ2) is 12.1. The van der Waals surface area contributed by atoms with Gasteiger partial charge >= 0.3 is 0 Å². The zero-order valence-electron chi connectivity index (χ0n) is 11.4. The van der Waals surface area contributed by atoms with Crippen molar-refractivity contribution in [2.24, 2.45) is 0 Å². The van der Waals surface area contributed by atoms with Crippen molar-refractivity contribution in [2.45, 2.75) is 13.3 Å². The van der Waals surface area contributed by atoms with Crippen LogP contribution in [0, 0.1) is 0 Å². The van der Waals surface area contributed by atoms with Crippen LogP contribution in [-0.2, 0) is 0 Å². The SMILES string of the molecule is C=C(CBr)NCCN(C)CCN/C(=C/CC)CBr. The average molecular weight is 383 g/mol. The van der Waals surface area contributed by atoms with E-state index in [2.05, 4.69) is 74.0 Å². The second-order valence-corrected chi connectivity index (χ2v) is 5.29. The molecular weight excluding hydrogens is 358 g/mol. The Balaban J connectivity index is 3.61. The highest BCUT2D eigenvalue weighted by atomic mass is 79.9. The number of nitrogens with zero attached hydrogens (tertiary/aromatic N) is 1. The van der Waals surface area contributed by atoms with Gasteiger partial charge in [-0.2, -0.15) is 0 Å². The summed E-state index contributed by atoms with van der Waals surface area (Å²) in [6, 6.07) is 0. The molecule has 0 atom stereocenters. The quantitative estimate of drug-likeness (QED) is 0.538. The predicted octanol–water partition coefficient (Wildman–Crippen LogP) is 2.69. The van der Waals surface area contributed by atoms with Crippen molar-refractivity contribution < 1.29 is 0 Å². The molecular formula is C13H25Br2N3. The summed E-state index contributed by atoms with van der Waals surface area (Å²) in [5, 5.41) is 8.42. The highest BCUT2D eigenvalue weighted by molar-refractivity contribution is 9.09. The highest BCUT2D eigenvalue weighted by Crippen LogP contribution is 1.97. The van der Waals surface area contributed by atoms with Gasteiger partial charge in [-0.1, -0.05) is 51.4 Å². The van der Waals surface area contributed by atoms with Crippen LogP contribution in [0.2, 0.25) is 0 Å². The van der Waals surface area contributed by atoms with E-state index in [-0.39, 0.29) is 0 Å². The van der Waals surface area contributed by atoms with Crippen LogP contribution in [0.1, 0.15) is 13.3 Å². The van der Waals surface area contributed by atoms with Crippen molar-refractivity contribution in [3.8, 4) is 0 Å². The van der Waals surface area contributed by atoms with Crippen LogP contribution in [0.5, 0.6) is 0 Å². The minimum atomic E-state index is 0.814. The molecule has 0 radical (unpaired) electrons. The Morgan fingerprint density at radius 3 is 2.28 bits per heavy atom. The van der Waals surface area contributed by atoms with Crippen LogP contribution in [0.3, 0.4) is 0 Å². The Morgan fingerprint density at radius 2 is 1.78 bits per heavy atom. The van der Waals surface area contributed by atoms with E-state index in [0.29, 0.717) is 0 Å². The van der Waals surface area contributed by atoms with E-state index in [9.17, 15) is 0 Å². The Hall–Kier alpha value is -0.000000000000000111. The van der Waals surface area contributed by atoms with Gasteiger partial charge in [0.2, 0.25) is 0 Å². The van der Waals surface area contributed by atoms with Crippen molar-refractivity contribution in [3.05, 3.63) is 24.0 Å². The molecule has 0 aliphatic heterocycles. The second-order valence-electron chi connectivity index (χ2n) is 4.17. The first-order chi connectivity index (χ1) is 8.63. The number of hydrogen-bond donors (Lipinski definition) is 2. The molecule has 0 unspecified atom stereocenters. The molecule has 0 rings (SSSR count). The van der Waals surface area contributed by atoms with E-state index in [4.69, 9.17) is 0 Å². The van der Waals surface area contributed by atoms with Gasteiger partial charge in [0.25, 0.3) is 0 Å². The Labute approximate surface area is 128 Å². The van der Waals surface area contributed by atoms with Crippen LogP contribution in [0.15, 0.2) is 24.0 Å². The normalized spacial score (nSPS) is 11.7. The maximum absolute atomic E-state index is 3.89. The molecule has 3 nitrogen and oxygen atoms in total. The number of alkyl halides is 2. The summed E-state index contributed by atoms with van der Waals surface area (Å²) < 4.78 is 0. The molecule has 0 saturated carbocycles. The molecule has 0 bridgehead atoms. The monoisotopic (exact) mass is 381 g/mol. The third-order valence-electron chi connectivity index (χ3n) is 2.47. The lowest BCUT2D eigenvalue weighted by atomic mass is 10.3. The van der Waals surface area contributed by atoms with Gasteiger partial charge in [0.05, 0.1) is 0 Å². The summed E-state index contributed by atoms with van der Waals surface area (Å²) in [5.74, 6) is 0. The molecule has 18 heavy (non-hydrogen) atoms. The van der Waals surface area contributed by atoms with Crippen molar-refractivity contribution in [1.29, 1.82) is 0 Å². The molecule has 0 spiro atoms. The summed E-state index contributed by atoms with van der Waals surface area (Å²) in [6.45, 7) is 10.0. The Morgan fingerprint density at radius 1 is 1.17 bits per heavy atom. The summed E-state index contributed by atoms with van der Waals surface area (Å²) >= 11 is 6.85. The minimum Gasteiger partial charge on any atom is -0.387 e. The van der Waals surface area contributed by atoms with Crippen LogP contribution < -0.4 is 10.6 Å². The number of likely N-dealkylation sites (N-methyl/N-ethyl adjacent to an activating group) is 1. The fourth-order valence-electron chi connectivity index (χ4n) is 1.41. The molecule has 0 aliphatic carbocycles. The van der Waals surface area contributed by atoms with Crippen molar-refractivity contribution in [2.75, 3.05) is 43.9 Å². The number of allylic oxidation sites excluding steroid dienone is 3. The summed E-state index contributed by atoms with van der Waals surface area (Å²) in [7, 11) is 2.14. The molecule has 0 heterocycles. The van der Waals surface area contributed by atoms with E-state index in [1.54, 1.807) is 0 Å². The van der Waals surface area contributed by atoms with E-state index in [1.807, 2.05) is 0 Å². The zero-order chi connectivity index (χ0) is 13.8. The molecule has 0 fully saturated rings. The third-order valence-corrected chi connectivity index (χ3v) is 3.75. The van der Waals surface area contributed by atoms with Gasteiger partial charge in [-0.15, -0.1) is 0 Å². The average Bonchev–Trinajstić information content (AvgIpc) is 2.37. The molecule has 106 valence electrons. The van der Waals surface area contributed by atoms with Crippen LogP contribution in [0.25, 0.3) is 0 Å². The predicted molar refractivity (Wildman–Crippen MR) is 88.6 cm³/mol. The molecule has 0 amide bonds. The first kappa shape index (κ1) is 18.0. The molecule has 0 saturated heterocycles. The van der Waals surface area contributed by atoms with Crippen LogP contribution in [-0.4, -0.2) is 48.8 Å². The maximum atomic E-state index is 3.89. The van der Waals surface area contributed by atoms with Crippen molar-refractivity contribution >= 4 is 31.9 Å². The van der Waals surface area contributed by atoms with Gasteiger partial charge < -0.3 is 15.5 Å². The maximum Gasteiger partial charge on any atom is 0.0427 e. The van der Waals surface area contributed by atoms with Gasteiger partial charge in [-0.05, 0) is 13.5 Å². The molecule has 2 N–H and O–H groups in total. The van der Waals surface area contributed by atoms with Gasteiger partial charge in [0, 0.05) is 48.2 Å². The number of nitrogens with one attached hydrogen (secondary N) is 2. The highest BCUT2D eigenvalue weighted by Gasteiger charge is 1.99. The molecule has 0 aromatic rings. The van der Waals surface area contributed by atoms with E-state index in [1.165, 1.54) is 5.70 Å². The van der Waals surface area contributed by atoms with Crippen LogP contribution >= 0.6 is 31.9 Å².